The number of nitrogens with one attached hydrogen (secondary N) is 2. The van der Waals surface area contributed by atoms with Crippen LogP contribution >= 0.6 is 0 Å². The van der Waals surface area contributed by atoms with Crippen molar-refractivity contribution in [3.63, 3.8) is 0 Å². The molecule has 9 heteroatoms. The Labute approximate surface area is 185 Å². The predicted molar refractivity (Wildman–Crippen MR) is 116 cm³/mol. The van der Waals surface area contributed by atoms with Crippen LogP contribution in [0.3, 0.4) is 0 Å². The number of para-hydroxylation sites is 1. The molecule has 2 saturated heterocycles. The van der Waals surface area contributed by atoms with Gasteiger partial charge in [-0.25, -0.2) is 10.0 Å². The maximum absolute atomic E-state index is 13.5. The van der Waals surface area contributed by atoms with Crippen molar-refractivity contribution in [1.82, 2.24) is 20.2 Å². The van der Waals surface area contributed by atoms with Gasteiger partial charge in [-0.15, -0.1) is 6.58 Å². The summed E-state index contributed by atoms with van der Waals surface area (Å²) in [5, 5.41) is 15.7. The second kappa shape index (κ2) is 6.54. The van der Waals surface area contributed by atoms with Crippen molar-refractivity contribution >= 4 is 23.6 Å². The van der Waals surface area contributed by atoms with E-state index in [0.29, 0.717) is 11.4 Å². The van der Waals surface area contributed by atoms with E-state index < -0.39 is 34.5 Å². The molecule has 1 spiro atoms. The fourth-order valence-corrected chi connectivity index (χ4v) is 5.68. The number of imidazole rings is 1. The van der Waals surface area contributed by atoms with Crippen LogP contribution in [0.1, 0.15) is 31.5 Å². The minimum Gasteiger partial charge on any atom is -0.383 e. The first-order valence-corrected chi connectivity index (χ1v) is 10.4. The molecule has 2 fully saturated rings. The third-order valence-corrected chi connectivity index (χ3v) is 7.17. The standard InChI is InChI=1S/C23H25N5O4/c1-5-21(2,3)22-11-18(29)20(31)27-17(10-14-12-24-13-25-14)19(30)26-23(22,27)28(32-4)16-9-7-6-8-15(16)22/h5-10,12-13,18,29H,1,11H2,2-4H3,(H,24,25)(H,26,30)/b17-10-/t18-,22-,23-/m0/s1. The second-order valence-corrected chi connectivity index (χ2v) is 8.88. The molecule has 3 N–H and O–H groups in total. The Kier molecular flexibility index (Phi) is 4.18. The van der Waals surface area contributed by atoms with Crippen LogP contribution in [0.2, 0.25) is 0 Å². The van der Waals surface area contributed by atoms with Crippen LogP contribution < -0.4 is 10.4 Å². The molecule has 2 aromatic rings. The zero-order valence-corrected chi connectivity index (χ0v) is 18.1. The number of hydrogen-bond donors (Lipinski definition) is 3. The van der Waals surface area contributed by atoms with Crippen LogP contribution in [0, 0.1) is 5.41 Å². The lowest BCUT2D eigenvalue weighted by Gasteiger charge is -2.59. The van der Waals surface area contributed by atoms with Gasteiger partial charge in [-0.05, 0) is 29.5 Å². The fraction of sp³-hybridized carbons (Fsp3) is 0.348. The highest BCUT2D eigenvalue weighted by molar-refractivity contribution is 6.07. The monoisotopic (exact) mass is 435 g/mol. The molecule has 32 heavy (non-hydrogen) atoms. The van der Waals surface area contributed by atoms with Gasteiger partial charge in [-0.3, -0.25) is 19.3 Å². The summed E-state index contributed by atoms with van der Waals surface area (Å²) in [7, 11) is 1.50. The van der Waals surface area contributed by atoms with Crippen LogP contribution in [-0.4, -0.2) is 50.8 Å². The number of hydroxylamine groups is 1. The van der Waals surface area contributed by atoms with Crippen molar-refractivity contribution in [1.29, 1.82) is 0 Å². The number of benzene rings is 1. The van der Waals surface area contributed by atoms with Crippen molar-refractivity contribution in [3.8, 4) is 0 Å². The summed E-state index contributed by atoms with van der Waals surface area (Å²) in [6, 6.07) is 7.60. The summed E-state index contributed by atoms with van der Waals surface area (Å²) >= 11 is 0. The first kappa shape index (κ1) is 20.5. The average Bonchev–Trinajstić information content (AvgIpc) is 3.44. The van der Waals surface area contributed by atoms with E-state index in [-0.39, 0.29) is 12.1 Å². The molecular weight excluding hydrogens is 410 g/mol. The van der Waals surface area contributed by atoms with Gasteiger partial charge in [0.05, 0.1) is 36.4 Å². The Morgan fingerprint density at radius 1 is 1.34 bits per heavy atom. The van der Waals surface area contributed by atoms with Crippen molar-refractivity contribution < 1.29 is 19.5 Å². The van der Waals surface area contributed by atoms with E-state index in [1.54, 1.807) is 23.4 Å². The number of rotatable bonds is 4. The number of hydrogen-bond acceptors (Lipinski definition) is 6. The largest absolute Gasteiger partial charge is 0.383 e. The summed E-state index contributed by atoms with van der Waals surface area (Å²) in [6.07, 6.45) is 5.14. The summed E-state index contributed by atoms with van der Waals surface area (Å²) in [4.78, 5) is 41.1. The molecule has 4 heterocycles. The van der Waals surface area contributed by atoms with Crippen LogP contribution in [0.5, 0.6) is 0 Å². The lowest BCUT2D eigenvalue weighted by atomic mass is 9.55. The molecule has 3 aliphatic heterocycles. The first-order chi connectivity index (χ1) is 15.2. The van der Waals surface area contributed by atoms with Crippen LogP contribution in [0.15, 0.2) is 55.1 Å². The van der Waals surface area contributed by atoms with Crippen molar-refractivity contribution in [2.45, 2.75) is 37.6 Å². The van der Waals surface area contributed by atoms with Gasteiger partial charge in [-0.1, -0.05) is 38.1 Å². The normalized spacial score (nSPS) is 30.2. The van der Waals surface area contributed by atoms with E-state index >= 15 is 0 Å². The molecule has 166 valence electrons. The Morgan fingerprint density at radius 2 is 2.09 bits per heavy atom. The van der Waals surface area contributed by atoms with Crippen molar-refractivity contribution in [2.24, 2.45) is 5.41 Å². The summed E-state index contributed by atoms with van der Waals surface area (Å²) in [5.74, 6) is -2.48. The molecule has 0 aliphatic carbocycles. The van der Waals surface area contributed by atoms with Crippen LogP contribution in [0.4, 0.5) is 5.69 Å². The Morgan fingerprint density at radius 3 is 2.75 bits per heavy atom. The van der Waals surface area contributed by atoms with Crippen LogP contribution in [0.25, 0.3) is 6.08 Å². The lowest BCUT2D eigenvalue weighted by molar-refractivity contribution is -0.170. The molecule has 2 amide bonds. The zero-order chi connectivity index (χ0) is 22.9. The highest BCUT2D eigenvalue weighted by Crippen LogP contribution is 2.66. The second-order valence-electron chi connectivity index (χ2n) is 8.88. The summed E-state index contributed by atoms with van der Waals surface area (Å²) in [6.45, 7) is 8.03. The molecule has 1 aromatic heterocycles. The number of nitrogens with zero attached hydrogens (tertiary/aromatic N) is 3. The highest BCUT2D eigenvalue weighted by atomic mass is 16.7. The zero-order valence-electron chi connectivity index (χ0n) is 18.1. The van der Waals surface area contributed by atoms with Gasteiger partial charge >= 0.3 is 0 Å². The topological polar surface area (TPSA) is 111 Å². The van der Waals surface area contributed by atoms with Gasteiger partial charge in [0, 0.05) is 0 Å². The van der Waals surface area contributed by atoms with E-state index in [0.717, 1.165) is 5.56 Å². The molecule has 3 atom stereocenters. The smallest absolute Gasteiger partial charge is 0.271 e. The summed E-state index contributed by atoms with van der Waals surface area (Å²) < 4.78 is 0. The van der Waals surface area contributed by atoms with Crippen molar-refractivity contribution in [3.05, 3.63) is 66.4 Å². The van der Waals surface area contributed by atoms with Gasteiger partial charge in [0.2, 0.25) is 5.79 Å². The number of allylic oxidation sites excluding steroid dienone is 1. The van der Waals surface area contributed by atoms with Gasteiger partial charge in [0.1, 0.15) is 11.8 Å². The molecule has 5 rings (SSSR count). The number of carbonyl (C=O) groups is 2. The Bertz CT molecular complexity index is 1160. The van der Waals surface area contributed by atoms with Crippen LogP contribution in [-0.2, 0) is 19.8 Å². The minimum absolute atomic E-state index is 0.0792. The molecule has 1 aromatic carbocycles. The van der Waals surface area contributed by atoms with Gasteiger partial charge in [0.25, 0.3) is 11.8 Å². The number of aliphatic hydroxyl groups is 1. The van der Waals surface area contributed by atoms with E-state index in [1.165, 1.54) is 18.3 Å². The fourth-order valence-electron chi connectivity index (χ4n) is 5.68. The van der Waals surface area contributed by atoms with Gasteiger partial charge < -0.3 is 15.4 Å². The molecule has 0 radical (unpaired) electrons. The molecule has 0 unspecified atom stereocenters. The SMILES string of the molecule is C=CC(C)(C)[C@@]12C[C@H](O)C(=O)N3/C(=C\c4cnc[nH]4)C(=O)N[C@]31N(OC)c1ccccc12. The van der Waals surface area contributed by atoms with Gasteiger partial charge in [0.15, 0.2) is 0 Å². The number of aromatic amines is 1. The number of fused-ring (bicyclic) bond motifs is 2. The molecule has 3 aliphatic rings. The lowest BCUT2D eigenvalue weighted by Crippen LogP contribution is -2.79. The molecule has 0 saturated carbocycles. The number of piperidine rings is 1. The number of anilines is 1. The first-order valence-electron chi connectivity index (χ1n) is 10.4. The minimum atomic E-state index is -1.44. The van der Waals surface area contributed by atoms with E-state index in [4.69, 9.17) is 4.84 Å². The third kappa shape index (κ3) is 2.17. The highest BCUT2D eigenvalue weighted by Gasteiger charge is 2.78. The Hall–Kier alpha value is -3.43. The number of carbonyl (C=O) groups excluding carboxylic acids is 2. The molecule has 9 nitrogen and oxygen atoms in total. The predicted octanol–water partition coefficient (Wildman–Crippen LogP) is 1.66. The maximum Gasteiger partial charge on any atom is 0.271 e. The third-order valence-electron chi connectivity index (χ3n) is 7.17. The number of aromatic nitrogens is 2. The number of aliphatic hydroxyl groups excluding tert-OH is 1. The number of amides is 2. The van der Waals surface area contributed by atoms with E-state index in [9.17, 15) is 14.7 Å². The number of H-pyrrole nitrogens is 1. The molecule has 0 bridgehead atoms. The van der Waals surface area contributed by atoms with E-state index in [2.05, 4.69) is 21.9 Å². The average molecular weight is 435 g/mol. The molecular formula is C23H25N5O4. The quantitative estimate of drug-likeness (QED) is 0.498. The summed E-state index contributed by atoms with van der Waals surface area (Å²) in [5.41, 5.74) is 0.560. The van der Waals surface area contributed by atoms with Gasteiger partial charge in [-0.2, -0.15) is 0 Å². The van der Waals surface area contributed by atoms with Crippen molar-refractivity contribution in [2.75, 3.05) is 12.2 Å². The maximum atomic E-state index is 13.5. The van der Waals surface area contributed by atoms with E-state index in [1.807, 2.05) is 38.1 Å². The Balaban J connectivity index is 1.88.